The fourth-order valence-corrected chi connectivity index (χ4v) is 3.97. The van der Waals surface area contributed by atoms with E-state index in [1.54, 1.807) is 10.9 Å². The lowest BCUT2D eigenvalue weighted by Gasteiger charge is -2.36. The van der Waals surface area contributed by atoms with Crippen LogP contribution in [-0.4, -0.2) is 32.7 Å². The molecule has 2 unspecified atom stereocenters. The third kappa shape index (κ3) is 2.48. The van der Waals surface area contributed by atoms with Gasteiger partial charge in [0.2, 0.25) is 0 Å². The number of piperidine rings is 1. The fourth-order valence-electron chi connectivity index (χ4n) is 3.97. The Labute approximate surface area is 136 Å². The maximum Gasteiger partial charge on any atom is 0.254 e. The number of fused-ring (bicyclic) bond motifs is 2. The molecule has 2 aliphatic heterocycles. The van der Waals surface area contributed by atoms with Crippen LogP contribution >= 0.6 is 0 Å². The summed E-state index contributed by atoms with van der Waals surface area (Å²) in [5.41, 5.74) is 3.20. The third-order valence-electron chi connectivity index (χ3n) is 5.12. The van der Waals surface area contributed by atoms with Crippen LogP contribution < -0.4 is 0 Å². The molecular formula is C19H21N3O. The Balaban J connectivity index is 1.62. The fraction of sp³-hybridized carbons (Fsp3) is 0.368. The van der Waals surface area contributed by atoms with Crippen LogP contribution in [-0.2, 0) is 0 Å². The first kappa shape index (κ1) is 14.2. The number of nitrogens with zero attached hydrogens (tertiary/aromatic N) is 3. The summed E-state index contributed by atoms with van der Waals surface area (Å²) in [6, 6.07) is 10.4. The molecule has 4 heteroatoms. The van der Waals surface area contributed by atoms with E-state index in [0.29, 0.717) is 12.1 Å². The van der Waals surface area contributed by atoms with Gasteiger partial charge in [0.15, 0.2) is 0 Å². The Morgan fingerprint density at radius 1 is 1.22 bits per heavy atom. The van der Waals surface area contributed by atoms with Gasteiger partial charge < -0.3 is 4.90 Å². The van der Waals surface area contributed by atoms with E-state index in [2.05, 4.69) is 23.0 Å². The van der Waals surface area contributed by atoms with Gasteiger partial charge in [-0.15, -0.1) is 0 Å². The van der Waals surface area contributed by atoms with Gasteiger partial charge in [-0.05, 0) is 56.9 Å². The largest absolute Gasteiger partial charge is 0.332 e. The van der Waals surface area contributed by atoms with Crippen LogP contribution in [0.3, 0.4) is 0 Å². The molecule has 0 N–H and O–H groups in total. The van der Waals surface area contributed by atoms with Crippen LogP contribution in [0.15, 0.2) is 54.4 Å². The molecule has 2 aliphatic rings. The van der Waals surface area contributed by atoms with E-state index in [4.69, 9.17) is 0 Å². The number of rotatable bonds is 2. The Morgan fingerprint density at radius 2 is 2.00 bits per heavy atom. The highest BCUT2D eigenvalue weighted by Gasteiger charge is 2.41. The monoisotopic (exact) mass is 307 g/mol. The van der Waals surface area contributed by atoms with Gasteiger partial charge in [-0.3, -0.25) is 4.79 Å². The lowest BCUT2D eigenvalue weighted by atomic mass is 9.95. The molecule has 4 rings (SSSR count). The number of benzene rings is 1. The van der Waals surface area contributed by atoms with E-state index in [0.717, 1.165) is 36.9 Å². The van der Waals surface area contributed by atoms with Crippen molar-refractivity contribution in [3.63, 3.8) is 0 Å². The standard InChI is InChI=1S/C19H21N3O/c1-2-14-11-17-7-8-18(12-14)22(17)19(23)15-5-3-6-16(13-15)21-10-4-9-20-21/h2-6,9-10,13,17-18H,7-8,11-12H2,1H3. The van der Waals surface area contributed by atoms with Crippen LogP contribution in [0.25, 0.3) is 5.69 Å². The van der Waals surface area contributed by atoms with Crippen molar-refractivity contribution in [2.75, 3.05) is 0 Å². The first-order valence-corrected chi connectivity index (χ1v) is 8.33. The predicted octanol–water partition coefficient (Wildman–Crippen LogP) is 3.59. The van der Waals surface area contributed by atoms with Gasteiger partial charge in [0.1, 0.15) is 0 Å². The second-order valence-corrected chi connectivity index (χ2v) is 6.45. The number of aromatic nitrogens is 2. The van der Waals surface area contributed by atoms with Crippen LogP contribution in [0.2, 0.25) is 0 Å². The lowest BCUT2D eigenvalue weighted by Crippen LogP contribution is -2.44. The molecule has 0 saturated carbocycles. The zero-order chi connectivity index (χ0) is 15.8. The molecule has 1 amide bonds. The van der Waals surface area contributed by atoms with E-state index >= 15 is 0 Å². The van der Waals surface area contributed by atoms with Crippen molar-refractivity contribution >= 4 is 5.91 Å². The average Bonchev–Trinajstić information content (AvgIpc) is 3.21. The highest BCUT2D eigenvalue weighted by Crippen LogP contribution is 2.39. The van der Waals surface area contributed by atoms with Crippen molar-refractivity contribution in [1.82, 2.24) is 14.7 Å². The van der Waals surface area contributed by atoms with Crippen molar-refractivity contribution in [3.8, 4) is 5.69 Å². The summed E-state index contributed by atoms with van der Waals surface area (Å²) in [6.07, 6.45) is 10.2. The molecule has 3 heterocycles. The summed E-state index contributed by atoms with van der Waals surface area (Å²) in [6.45, 7) is 2.11. The van der Waals surface area contributed by atoms with E-state index in [1.165, 1.54) is 5.57 Å². The molecule has 2 atom stereocenters. The summed E-state index contributed by atoms with van der Waals surface area (Å²) >= 11 is 0. The Kier molecular flexibility index (Phi) is 3.52. The average molecular weight is 307 g/mol. The molecule has 2 bridgehead atoms. The van der Waals surface area contributed by atoms with Gasteiger partial charge in [-0.25, -0.2) is 4.68 Å². The van der Waals surface area contributed by atoms with E-state index < -0.39 is 0 Å². The van der Waals surface area contributed by atoms with Gasteiger partial charge in [0, 0.05) is 30.0 Å². The third-order valence-corrected chi connectivity index (χ3v) is 5.12. The van der Waals surface area contributed by atoms with Crippen LogP contribution in [0.5, 0.6) is 0 Å². The van der Waals surface area contributed by atoms with Gasteiger partial charge in [0.05, 0.1) is 5.69 Å². The minimum absolute atomic E-state index is 0.168. The van der Waals surface area contributed by atoms with Gasteiger partial charge in [-0.1, -0.05) is 17.7 Å². The first-order valence-electron chi connectivity index (χ1n) is 8.33. The maximum atomic E-state index is 13.1. The maximum absolute atomic E-state index is 13.1. The summed E-state index contributed by atoms with van der Waals surface area (Å²) in [7, 11) is 0. The van der Waals surface area contributed by atoms with Crippen molar-refractivity contribution in [2.45, 2.75) is 44.7 Å². The number of allylic oxidation sites excluding steroid dienone is 1. The van der Waals surface area contributed by atoms with Gasteiger partial charge in [0.25, 0.3) is 5.91 Å². The predicted molar refractivity (Wildman–Crippen MR) is 89.5 cm³/mol. The topological polar surface area (TPSA) is 38.1 Å². The van der Waals surface area contributed by atoms with Crippen LogP contribution in [0.1, 0.15) is 43.0 Å². The van der Waals surface area contributed by atoms with Crippen LogP contribution in [0, 0.1) is 0 Å². The second-order valence-electron chi connectivity index (χ2n) is 6.45. The minimum Gasteiger partial charge on any atom is -0.332 e. The number of carbonyl (C=O) groups excluding carboxylic acids is 1. The summed E-state index contributed by atoms with van der Waals surface area (Å²) in [5, 5.41) is 4.25. The van der Waals surface area contributed by atoms with E-state index in [1.807, 2.05) is 36.5 Å². The number of hydrogen-bond acceptors (Lipinski definition) is 2. The number of amides is 1. The molecular weight excluding hydrogens is 286 g/mol. The summed E-state index contributed by atoms with van der Waals surface area (Å²) < 4.78 is 1.79. The molecule has 2 saturated heterocycles. The Hall–Kier alpha value is -2.36. The molecule has 1 aromatic carbocycles. The van der Waals surface area contributed by atoms with Gasteiger partial charge in [-0.2, -0.15) is 5.10 Å². The quantitative estimate of drug-likeness (QED) is 0.795. The van der Waals surface area contributed by atoms with Crippen molar-refractivity contribution < 1.29 is 4.79 Å². The molecule has 118 valence electrons. The molecule has 0 aliphatic carbocycles. The number of carbonyl (C=O) groups is 1. The van der Waals surface area contributed by atoms with E-state index in [9.17, 15) is 4.79 Å². The van der Waals surface area contributed by atoms with Crippen molar-refractivity contribution in [3.05, 3.63) is 59.9 Å². The molecule has 2 aromatic rings. The number of hydrogen-bond donors (Lipinski definition) is 0. The summed E-state index contributed by atoms with van der Waals surface area (Å²) in [4.78, 5) is 15.2. The van der Waals surface area contributed by atoms with E-state index in [-0.39, 0.29) is 5.91 Å². The first-order chi connectivity index (χ1) is 11.3. The Bertz CT molecular complexity index is 732. The molecule has 0 radical (unpaired) electrons. The van der Waals surface area contributed by atoms with Crippen LogP contribution in [0.4, 0.5) is 0 Å². The highest BCUT2D eigenvalue weighted by molar-refractivity contribution is 5.95. The zero-order valence-electron chi connectivity index (χ0n) is 13.4. The zero-order valence-corrected chi connectivity index (χ0v) is 13.4. The normalized spacial score (nSPS) is 23.2. The van der Waals surface area contributed by atoms with Crippen molar-refractivity contribution in [2.24, 2.45) is 0 Å². The van der Waals surface area contributed by atoms with Gasteiger partial charge >= 0.3 is 0 Å². The molecule has 2 fully saturated rings. The SMILES string of the molecule is CC=C1CC2CCC(C1)N2C(=O)c1cccc(-n2cccn2)c1. The second kappa shape index (κ2) is 5.69. The molecule has 23 heavy (non-hydrogen) atoms. The minimum atomic E-state index is 0.168. The van der Waals surface area contributed by atoms with Crippen molar-refractivity contribution in [1.29, 1.82) is 0 Å². The lowest BCUT2D eigenvalue weighted by molar-refractivity contribution is 0.0634. The molecule has 1 aromatic heterocycles. The molecule has 0 spiro atoms. The smallest absolute Gasteiger partial charge is 0.254 e. The highest BCUT2D eigenvalue weighted by atomic mass is 16.2. The Morgan fingerprint density at radius 3 is 2.65 bits per heavy atom. The molecule has 4 nitrogen and oxygen atoms in total. The summed E-state index contributed by atoms with van der Waals surface area (Å²) in [5.74, 6) is 0.168.